The van der Waals surface area contributed by atoms with Crippen molar-refractivity contribution in [3.8, 4) is 11.1 Å². The van der Waals surface area contributed by atoms with E-state index in [1.165, 1.54) is 12.3 Å². The normalized spacial score (nSPS) is 11.6. The van der Waals surface area contributed by atoms with Gasteiger partial charge in [-0.05, 0) is 36.1 Å². The van der Waals surface area contributed by atoms with E-state index in [4.69, 9.17) is 10.5 Å². The van der Waals surface area contributed by atoms with Crippen molar-refractivity contribution in [2.45, 2.75) is 19.4 Å². The Morgan fingerprint density at radius 1 is 1.07 bits per heavy atom. The Kier molecular flexibility index (Phi) is 6.24. The van der Waals surface area contributed by atoms with E-state index in [2.05, 4.69) is 22.4 Å². The number of nitrogens with two attached hydrogens (primary N) is 1. The molecule has 1 heterocycles. The molecule has 0 aliphatic heterocycles. The third-order valence-corrected chi connectivity index (χ3v) is 4.30. The van der Waals surface area contributed by atoms with Crippen LogP contribution in [0.4, 0.5) is 5.69 Å². The fourth-order valence-corrected chi connectivity index (χ4v) is 2.84. The molecule has 0 bridgehead atoms. The zero-order valence-corrected chi connectivity index (χ0v) is 15.6. The summed E-state index contributed by atoms with van der Waals surface area (Å²) < 4.78 is 4.91. The number of esters is 1. The number of amides is 1. The second-order valence-electron chi connectivity index (χ2n) is 6.39. The van der Waals surface area contributed by atoms with Crippen molar-refractivity contribution in [2.75, 3.05) is 11.9 Å². The summed E-state index contributed by atoms with van der Waals surface area (Å²) in [6, 6.07) is 18.9. The Bertz CT molecular complexity index is 933. The standard InChI is InChI=1S/C22H23N3O3/c1-2-28-22(27)20-13-18(14-24-20)25-21(26)19(23)12-15-8-10-17(11-9-15)16-6-4-3-5-7-16/h3-11,13-14,19,24H,2,12,23H2,1H3,(H,25,26)/t19-/m0/s1. The van der Waals surface area contributed by atoms with Crippen molar-refractivity contribution in [3.05, 3.63) is 78.1 Å². The Morgan fingerprint density at radius 3 is 2.43 bits per heavy atom. The fraction of sp³-hybridized carbons (Fsp3) is 0.182. The Balaban J connectivity index is 1.57. The molecule has 1 amide bonds. The van der Waals surface area contributed by atoms with Crippen LogP contribution in [0.25, 0.3) is 11.1 Å². The van der Waals surface area contributed by atoms with Gasteiger partial charge in [-0.2, -0.15) is 0 Å². The summed E-state index contributed by atoms with van der Waals surface area (Å²) in [5, 5.41) is 2.71. The predicted octanol–water partition coefficient (Wildman–Crippen LogP) is 3.37. The molecule has 0 radical (unpaired) electrons. The van der Waals surface area contributed by atoms with E-state index >= 15 is 0 Å². The van der Waals surface area contributed by atoms with E-state index in [-0.39, 0.29) is 18.2 Å². The van der Waals surface area contributed by atoms with Crippen molar-refractivity contribution >= 4 is 17.6 Å². The third kappa shape index (κ3) is 4.86. The Hall–Kier alpha value is -3.38. The number of anilines is 1. The molecule has 3 rings (SSSR count). The number of nitrogens with one attached hydrogen (secondary N) is 2. The zero-order valence-electron chi connectivity index (χ0n) is 15.6. The maximum absolute atomic E-state index is 12.3. The van der Waals surface area contributed by atoms with Crippen LogP contribution in [0.5, 0.6) is 0 Å². The second kappa shape index (κ2) is 9.01. The van der Waals surface area contributed by atoms with Crippen LogP contribution in [0, 0.1) is 0 Å². The zero-order chi connectivity index (χ0) is 19.9. The summed E-state index contributed by atoms with van der Waals surface area (Å²) in [5.74, 6) is -0.785. The molecule has 1 atom stereocenters. The number of aromatic amines is 1. The van der Waals surface area contributed by atoms with Crippen LogP contribution in [0.2, 0.25) is 0 Å². The van der Waals surface area contributed by atoms with Crippen LogP contribution < -0.4 is 11.1 Å². The molecule has 28 heavy (non-hydrogen) atoms. The van der Waals surface area contributed by atoms with E-state index in [9.17, 15) is 9.59 Å². The summed E-state index contributed by atoms with van der Waals surface area (Å²) in [6.07, 6.45) is 1.95. The molecule has 0 saturated carbocycles. The summed E-state index contributed by atoms with van der Waals surface area (Å²) in [7, 11) is 0. The van der Waals surface area contributed by atoms with Crippen LogP contribution in [-0.2, 0) is 16.0 Å². The van der Waals surface area contributed by atoms with Crippen molar-refractivity contribution in [1.82, 2.24) is 4.98 Å². The molecule has 0 saturated heterocycles. The van der Waals surface area contributed by atoms with E-state index in [1.807, 2.05) is 42.5 Å². The SMILES string of the molecule is CCOC(=O)c1cc(NC(=O)[C@@H](N)Cc2ccc(-c3ccccc3)cc2)c[nH]1. The van der Waals surface area contributed by atoms with Gasteiger partial charge in [-0.3, -0.25) is 4.79 Å². The minimum Gasteiger partial charge on any atom is -0.461 e. The monoisotopic (exact) mass is 377 g/mol. The number of aromatic nitrogens is 1. The largest absolute Gasteiger partial charge is 0.461 e. The van der Waals surface area contributed by atoms with E-state index in [0.717, 1.165) is 16.7 Å². The first-order valence-corrected chi connectivity index (χ1v) is 9.13. The Labute approximate surface area is 163 Å². The molecule has 0 aliphatic carbocycles. The number of ether oxygens (including phenoxy) is 1. The predicted molar refractivity (Wildman–Crippen MR) is 109 cm³/mol. The average Bonchev–Trinajstić information content (AvgIpc) is 3.18. The van der Waals surface area contributed by atoms with E-state index in [1.54, 1.807) is 6.92 Å². The summed E-state index contributed by atoms with van der Waals surface area (Å²) in [4.78, 5) is 26.8. The maximum Gasteiger partial charge on any atom is 0.354 e. The van der Waals surface area contributed by atoms with Gasteiger partial charge in [0.25, 0.3) is 0 Å². The molecule has 3 aromatic rings. The Morgan fingerprint density at radius 2 is 1.75 bits per heavy atom. The molecule has 6 nitrogen and oxygen atoms in total. The molecule has 0 spiro atoms. The average molecular weight is 377 g/mol. The quantitative estimate of drug-likeness (QED) is 0.550. The van der Waals surface area contributed by atoms with Crippen LogP contribution in [0.15, 0.2) is 66.9 Å². The first kappa shape index (κ1) is 19.4. The lowest BCUT2D eigenvalue weighted by Gasteiger charge is -2.12. The van der Waals surface area contributed by atoms with Crippen molar-refractivity contribution in [2.24, 2.45) is 5.73 Å². The molecular formula is C22H23N3O3. The lowest BCUT2D eigenvalue weighted by Crippen LogP contribution is -2.37. The van der Waals surface area contributed by atoms with Crippen LogP contribution in [0.1, 0.15) is 23.0 Å². The third-order valence-electron chi connectivity index (χ3n) is 4.30. The molecule has 0 fully saturated rings. The first-order chi connectivity index (χ1) is 13.6. The van der Waals surface area contributed by atoms with Gasteiger partial charge in [0.05, 0.1) is 18.3 Å². The lowest BCUT2D eigenvalue weighted by molar-refractivity contribution is -0.117. The highest BCUT2D eigenvalue weighted by Crippen LogP contribution is 2.20. The molecule has 144 valence electrons. The van der Waals surface area contributed by atoms with Crippen LogP contribution in [-0.4, -0.2) is 29.5 Å². The number of hydrogen-bond acceptors (Lipinski definition) is 4. The minimum absolute atomic E-state index is 0.280. The van der Waals surface area contributed by atoms with Crippen molar-refractivity contribution < 1.29 is 14.3 Å². The highest BCUT2D eigenvalue weighted by atomic mass is 16.5. The molecule has 0 aliphatic rings. The van der Waals surface area contributed by atoms with Gasteiger partial charge in [0.2, 0.25) is 5.91 Å². The van der Waals surface area contributed by atoms with Gasteiger partial charge in [-0.1, -0.05) is 54.6 Å². The lowest BCUT2D eigenvalue weighted by atomic mass is 10.0. The number of H-pyrrole nitrogens is 1. The van der Waals surface area contributed by atoms with Gasteiger partial charge in [-0.15, -0.1) is 0 Å². The summed E-state index contributed by atoms with van der Waals surface area (Å²) in [5.41, 5.74) is 10.0. The van der Waals surface area contributed by atoms with Gasteiger partial charge < -0.3 is 20.8 Å². The minimum atomic E-state index is -0.705. The molecule has 4 N–H and O–H groups in total. The second-order valence-corrected chi connectivity index (χ2v) is 6.39. The molecule has 2 aromatic carbocycles. The first-order valence-electron chi connectivity index (χ1n) is 9.13. The molecule has 1 aromatic heterocycles. The van der Waals surface area contributed by atoms with Crippen LogP contribution >= 0.6 is 0 Å². The highest BCUT2D eigenvalue weighted by molar-refractivity contribution is 5.96. The smallest absolute Gasteiger partial charge is 0.354 e. The van der Waals surface area contributed by atoms with Gasteiger partial charge >= 0.3 is 5.97 Å². The van der Waals surface area contributed by atoms with Crippen LogP contribution in [0.3, 0.4) is 0 Å². The molecule has 6 heteroatoms. The molecular weight excluding hydrogens is 354 g/mol. The fourth-order valence-electron chi connectivity index (χ4n) is 2.84. The topological polar surface area (TPSA) is 97.2 Å². The maximum atomic E-state index is 12.3. The number of rotatable bonds is 7. The molecule has 0 unspecified atom stereocenters. The van der Waals surface area contributed by atoms with Gasteiger partial charge in [0.1, 0.15) is 5.69 Å². The number of carbonyl (C=O) groups excluding carboxylic acids is 2. The summed E-state index contributed by atoms with van der Waals surface area (Å²) >= 11 is 0. The van der Waals surface area contributed by atoms with E-state index < -0.39 is 12.0 Å². The number of benzene rings is 2. The van der Waals surface area contributed by atoms with Crippen molar-refractivity contribution in [3.63, 3.8) is 0 Å². The van der Waals surface area contributed by atoms with E-state index in [0.29, 0.717) is 12.1 Å². The number of carbonyl (C=O) groups is 2. The van der Waals surface area contributed by atoms with Crippen molar-refractivity contribution in [1.29, 1.82) is 0 Å². The van der Waals surface area contributed by atoms with Gasteiger partial charge in [0, 0.05) is 6.20 Å². The summed E-state index contributed by atoms with van der Waals surface area (Å²) in [6.45, 7) is 2.02. The van der Waals surface area contributed by atoms with Gasteiger partial charge in [0.15, 0.2) is 0 Å². The van der Waals surface area contributed by atoms with Gasteiger partial charge in [-0.25, -0.2) is 4.79 Å². The highest BCUT2D eigenvalue weighted by Gasteiger charge is 2.16. The number of hydrogen-bond donors (Lipinski definition) is 3.